The van der Waals surface area contributed by atoms with Gasteiger partial charge in [0.25, 0.3) is 0 Å². The molecule has 0 heterocycles. The second-order valence-corrected chi connectivity index (χ2v) is 3.66. The molecule has 0 saturated carbocycles. The lowest BCUT2D eigenvalue weighted by Crippen LogP contribution is -1.89. The van der Waals surface area contributed by atoms with Crippen LogP contribution in [0, 0.1) is 0 Å². The van der Waals surface area contributed by atoms with Gasteiger partial charge in [-0.25, -0.2) is 0 Å². The van der Waals surface area contributed by atoms with E-state index in [-0.39, 0.29) is 0 Å². The highest BCUT2D eigenvalue weighted by atomic mass is 35.5. The number of aryl methyl sites for hydroxylation is 1. The predicted molar refractivity (Wildman–Crippen MR) is 55.8 cm³/mol. The van der Waals surface area contributed by atoms with Gasteiger partial charge in [-0.15, -0.1) is 0 Å². The van der Waals surface area contributed by atoms with E-state index in [2.05, 4.69) is 6.92 Å². The number of hydrogen-bond acceptors (Lipinski definition) is 1. The molecule has 0 N–H and O–H groups in total. The summed E-state index contributed by atoms with van der Waals surface area (Å²) in [7, 11) is 0. The zero-order valence-corrected chi connectivity index (χ0v) is 8.82. The van der Waals surface area contributed by atoms with Crippen molar-refractivity contribution >= 4 is 29.5 Å². The molecule has 0 spiro atoms. The molecule has 0 fully saturated rings. The third-order valence-corrected chi connectivity index (χ3v) is 2.42. The van der Waals surface area contributed by atoms with Gasteiger partial charge in [0.15, 0.2) is 6.29 Å². The first-order chi connectivity index (χ1) is 6.19. The standard InChI is InChI=1S/C10H10Cl2O/c1-2-3-7-4-9(11)8(6-13)10(12)5-7/h4-6H,2-3H2,1H3. The van der Waals surface area contributed by atoms with Crippen molar-refractivity contribution in [3.63, 3.8) is 0 Å². The first-order valence-electron chi connectivity index (χ1n) is 4.12. The molecule has 0 aliphatic rings. The Kier molecular flexibility index (Phi) is 3.76. The van der Waals surface area contributed by atoms with Gasteiger partial charge in [0, 0.05) is 0 Å². The lowest BCUT2D eigenvalue weighted by molar-refractivity contribution is 0.112. The van der Waals surface area contributed by atoms with Crippen LogP contribution in [0.25, 0.3) is 0 Å². The summed E-state index contributed by atoms with van der Waals surface area (Å²) in [6.07, 6.45) is 2.64. The lowest BCUT2D eigenvalue weighted by atomic mass is 10.1. The molecule has 1 nitrogen and oxygen atoms in total. The Morgan fingerprint density at radius 2 is 1.85 bits per heavy atom. The van der Waals surface area contributed by atoms with Crippen LogP contribution in [0.4, 0.5) is 0 Å². The minimum atomic E-state index is 0.378. The van der Waals surface area contributed by atoms with Gasteiger partial charge < -0.3 is 0 Å². The second-order valence-electron chi connectivity index (χ2n) is 2.84. The van der Waals surface area contributed by atoms with E-state index < -0.39 is 0 Å². The van der Waals surface area contributed by atoms with Crippen LogP contribution in [0.5, 0.6) is 0 Å². The van der Waals surface area contributed by atoms with Crippen LogP contribution in [-0.2, 0) is 6.42 Å². The number of benzene rings is 1. The SMILES string of the molecule is CCCc1cc(Cl)c(C=O)c(Cl)c1. The number of hydrogen-bond donors (Lipinski definition) is 0. The summed E-state index contributed by atoms with van der Waals surface area (Å²) in [5.41, 5.74) is 1.45. The molecule has 0 aliphatic heterocycles. The average Bonchev–Trinajstić information content (AvgIpc) is 2.04. The van der Waals surface area contributed by atoms with Crippen LogP contribution in [0.15, 0.2) is 12.1 Å². The van der Waals surface area contributed by atoms with Gasteiger partial charge in [0.05, 0.1) is 15.6 Å². The molecule has 1 aromatic rings. The van der Waals surface area contributed by atoms with E-state index in [1.165, 1.54) is 0 Å². The van der Waals surface area contributed by atoms with Crippen molar-refractivity contribution in [3.8, 4) is 0 Å². The minimum absolute atomic E-state index is 0.378. The van der Waals surface area contributed by atoms with E-state index >= 15 is 0 Å². The highest BCUT2D eigenvalue weighted by molar-refractivity contribution is 6.38. The largest absolute Gasteiger partial charge is 0.298 e. The molecule has 0 aromatic heterocycles. The Morgan fingerprint density at radius 3 is 2.23 bits per heavy atom. The molecular formula is C10H10Cl2O. The summed E-state index contributed by atoms with van der Waals surface area (Å²) in [4.78, 5) is 10.5. The highest BCUT2D eigenvalue weighted by Gasteiger charge is 2.06. The van der Waals surface area contributed by atoms with Crippen LogP contribution in [0.2, 0.25) is 10.0 Å². The normalized spacial score (nSPS) is 10.1. The molecule has 0 unspecified atom stereocenters. The summed E-state index contributed by atoms with van der Waals surface area (Å²) >= 11 is 11.7. The van der Waals surface area contributed by atoms with Crippen LogP contribution >= 0.6 is 23.2 Å². The van der Waals surface area contributed by atoms with Crippen molar-refractivity contribution < 1.29 is 4.79 Å². The first kappa shape index (κ1) is 10.6. The van der Waals surface area contributed by atoms with Crippen LogP contribution in [0.1, 0.15) is 29.3 Å². The molecule has 1 aromatic carbocycles. The molecule has 1 rings (SSSR count). The van der Waals surface area contributed by atoms with Crippen molar-refractivity contribution in [1.29, 1.82) is 0 Å². The molecule has 0 saturated heterocycles. The molecule has 0 bridgehead atoms. The summed E-state index contributed by atoms with van der Waals surface area (Å²) < 4.78 is 0. The van der Waals surface area contributed by atoms with Crippen molar-refractivity contribution in [2.45, 2.75) is 19.8 Å². The monoisotopic (exact) mass is 216 g/mol. The number of halogens is 2. The maximum absolute atomic E-state index is 10.5. The Labute approximate surface area is 87.7 Å². The van der Waals surface area contributed by atoms with Crippen molar-refractivity contribution in [2.75, 3.05) is 0 Å². The molecule has 70 valence electrons. The fourth-order valence-corrected chi connectivity index (χ4v) is 1.80. The maximum atomic E-state index is 10.5. The molecule has 0 atom stereocenters. The molecule has 0 radical (unpaired) electrons. The Bertz CT molecular complexity index is 298. The summed E-state index contributed by atoms with van der Waals surface area (Å²) in [6, 6.07) is 3.58. The van der Waals surface area contributed by atoms with Crippen molar-refractivity contribution in [2.24, 2.45) is 0 Å². The van der Waals surface area contributed by atoms with E-state index in [4.69, 9.17) is 23.2 Å². The fraction of sp³-hybridized carbons (Fsp3) is 0.300. The Balaban J connectivity index is 3.12. The first-order valence-corrected chi connectivity index (χ1v) is 4.87. The van der Waals surface area contributed by atoms with Crippen LogP contribution in [0.3, 0.4) is 0 Å². The lowest BCUT2D eigenvalue weighted by Gasteiger charge is -2.03. The van der Waals surface area contributed by atoms with Gasteiger partial charge >= 0.3 is 0 Å². The van der Waals surface area contributed by atoms with Crippen molar-refractivity contribution in [1.82, 2.24) is 0 Å². The fourth-order valence-electron chi connectivity index (χ4n) is 1.18. The van der Waals surface area contributed by atoms with E-state index in [0.717, 1.165) is 18.4 Å². The predicted octanol–water partition coefficient (Wildman–Crippen LogP) is 3.76. The number of rotatable bonds is 3. The van der Waals surface area contributed by atoms with E-state index in [0.29, 0.717) is 21.9 Å². The quantitative estimate of drug-likeness (QED) is 0.704. The average molecular weight is 217 g/mol. The number of carbonyl (C=O) groups excluding carboxylic acids is 1. The van der Waals surface area contributed by atoms with Crippen molar-refractivity contribution in [3.05, 3.63) is 33.3 Å². The van der Waals surface area contributed by atoms with E-state index in [1.807, 2.05) is 0 Å². The molecule has 0 amide bonds. The van der Waals surface area contributed by atoms with Gasteiger partial charge in [0.2, 0.25) is 0 Å². The summed E-state index contributed by atoms with van der Waals surface area (Å²) in [6.45, 7) is 2.08. The van der Waals surface area contributed by atoms with Gasteiger partial charge in [-0.3, -0.25) is 4.79 Å². The van der Waals surface area contributed by atoms with E-state index in [1.54, 1.807) is 12.1 Å². The number of carbonyl (C=O) groups is 1. The summed E-state index contributed by atoms with van der Waals surface area (Å²) in [5, 5.41) is 0.872. The molecule has 0 aliphatic carbocycles. The van der Waals surface area contributed by atoms with Crippen LogP contribution < -0.4 is 0 Å². The van der Waals surface area contributed by atoms with E-state index in [9.17, 15) is 4.79 Å². The van der Waals surface area contributed by atoms with Gasteiger partial charge in [-0.1, -0.05) is 36.5 Å². The topological polar surface area (TPSA) is 17.1 Å². The number of aldehydes is 1. The third kappa shape index (κ3) is 2.45. The Hall–Kier alpha value is -0.530. The Morgan fingerprint density at radius 1 is 1.31 bits per heavy atom. The zero-order valence-electron chi connectivity index (χ0n) is 7.31. The van der Waals surface area contributed by atoms with Gasteiger partial charge in [-0.2, -0.15) is 0 Å². The van der Waals surface area contributed by atoms with Crippen LogP contribution in [-0.4, -0.2) is 6.29 Å². The second kappa shape index (κ2) is 4.64. The molecule has 3 heteroatoms. The minimum Gasteiger partial charge on any atom is -0.298 e. The van der Waals surface area contributed by atoms with Gasteiger partial charge in [-0.05, 0) is 24.1 Å². The van der Waals surface area contributed by atoms with Gasteiger partial charge in [0.1, 0.15) is 0 Å². The smallest absolute Gasteiger partial charge is 0.153 e. The highest BCUT2D eigenvalue weighted by Crippen LogP contribution is 2.25. The summed E-state index contributed by atoms with van der Waals surface area (Å²) in [5.74, 6) is 0. The molecular weight excluding hydrogens is 207 g/mol. The maximum Gasteiger partial charge on any atom is 0.153 e. The molecule has 13 heavy (non-hydrogen) atoms. The zero-order chi connectivity index (χ0) is 9.84. The third-order valence-electron chi connectivity index (χ3n) is 1.80.